The Kier molecular flexibility index (Phi) is 9.85. The summed E-state index contributed by atoms with van der Waals surface area (Å²) in [4.78, 5) is 2.30. The van der Waals surface area contributed by atoms with Gasteiger partial charge in [-0.15, -0.1) is 59.8 Å². The molecule has 0 aliphatic carbocycles. The van der Waals surface area contributed by atoms with Gasteiger partial charge in [-0.3, -0.25) is 5.10 Å². The van der Waals surface area contributed by atoms with Crippen LogP contribution in [0.15, 0.2) is 42.7 Å². The highest BCUT2D eigenvalue weighted by Crippen LogP contribution is 2.40. The van der Waals surface area contributed by atoms with Crippen molar-refractivity contribution in [2.24, 2.45) is 5.41 Å². The van der Waals surface area contributed by atoms with Crippen molar-refractivity contribution >= 4 is 55.4 Å². The molecule has 0 atom stereocenters. The number of aromatic amines is 1. The van der Waals surface area contributed by atoms with E-state index < -0.39 is 0 Å². The highest BCUT2D eigenvalue weighted by atomic mass is 35.5. The molecule has 31 heavy (non-hydrogen) atoms. The molecule has 0 saturated carbocycles. The van der Waals surface area contributed by atoms with Crippen LogP contribution in [-0.4, -0.2) is 51.7 Å². The van der Waals surface area contributed by atoms with E-state index in [9.17, 15) is 5.11 Å². The number of benzene rings is 1. The highest BCUT2D eigenvalue weighted by molar-refractivity contribution is 5.86. The van der Waals surface area contributed by atoms with Gasteiger partial charge in [0.05, 0.1) is 11.9 Å². The summed E-state index contributed by atoms with van der Waals surface area (Å²) in [5.41, 5.74) is 3.66. The van der Waals surface area contributed by atoms with Crippen molar-refractivity contribution in [2.75, 3.05) is 31.1 Å². The summed E-state index contributed by atoms with van der Waals surface area (Å²) in [5.74, 6) is 1.10. The lowest BCUT2D eigenvalue weighted by Crippen LogP contribution is -2.60. The van der Waals surface area contributed by atoms with Crippen LogP contribution in [0.5, 0.6) is 5.75 Å². The van der Waals surface area contributed by atoms with Crippen LogP contribution in [-0.2, 0) is 0 Å². The van der Waals surface area contributed by atoms with Crippen LogP contribution in [0.2, 0.25) is 0 Å². The lowest BCUT2D eigenvalue weighted by atomic mass is 9.72. The minimum Gasteiger partial charge on any atom is -0.507 e. The SMILES string of the molecule is Cl.Cl.Cl.Cl.Oc1cc(-c2cn[nH]c2)ccc1-c1ccc(N2CC3(CCNCC3)C2)nn1. The van der Waals surface area contributed by atoms with E-state index in [1.807, 2.05) is 24.3 Å². The van der Waals surface area contributed by atoms with Crippen LogP contribution in [0.25, 0.3) is 22.4 Å². The van der Waals surface area contributed by atoms with Crippen LogP contribution >= 0.6 is 49.6 Å². The Hall–Kier alpha value is -1.77. The normalized spacial score (nSPS) is 16.1. The van der Waals surface area contributed by atoms with Gasteiger partial charge in [0.1, 0.15) is 5.75 Å². The summed E-state index contributed by atoms with van der Waals surface area (Å²) in [6, 6.07) is 9.48. The number of H-pyrrole nitrogens is 1. The molecule has 0 radical (unpaired) electrons. The molecule has 4 heterocycles. The smallest absolute Gasteiger partial charge is 0.151 e. The van der Waals surface area contributed by atoms with Gasteiger partial charge in [0.25, 0.3) is 0 Å². The van der Waals surface area contributed by atoms with Crippen molar-refractivity contribution in [1.82, 2.24) is 25.7 Å². The van der Waals surface area contributed by atoms with Crippen molar-refractivity contribution in [3.8, 4) is 28.1 Å². The first-order valence-corrected chi connectivity index (χ1v) is 9.34. The Bertz CT molecular complexity index is 941. The van der Waals surface area contributed by atoms with Gasteiger partial charge in [-0.1, -0.05) is 6.07 Å². The monoisotopic (exact) mass is 506 g/mol. The lowest BCUT2D eigenvalue weighted by molar-refractivity contribution is 0.149. The van der Waals surface area contributed by atoms with Crippen LogP contribution in [0.4, 0.5) is 5.82 Å². The van der Waals surface area contributed by atoms with Gasteiger partial charge in [-0.25, -0.2) is 0 Å². The van der Waals surface area contributed by atoms with Gasteiger partial charge in [-0.2, -0.15) is 5.10 Å². The maximum absolute atomic E-state index is 10.4. The van der Waals surface area contributed by atoms with E-state index in [1.54, 1.807) is 18.5 Å². The number of nitrogens with one attached hydrogen (secondary N) is 2. The summed E-state index contributed by atoms with van der Waals surface area (Å²) in [7, 11) is 0. The molecule has 2 aliphatic rings. The summed E-state index contributed by atoms with van der Waals surface area (Å²) in [6.45, 7) is 4.36. The topological polar surface area (TPSA) is 90.0 Å². The number of phenolic OH excluding ortho intramolecular Hbond substituents is 1. The van der Waals surface area contributed by atoms with Crippen molar-refractivity contribution in [1.29, 1.82) is 0 Å². The Morgan fingerprint density at radius 2 is 1.65 bits per heavy atom. The number of aromatic nitrogens is 4. The summed E-state index contributed by atoms with van der Waals surface area (Å²) < 4.78 is 0. The first kappa shape index (κ1) is 27.3. The fourth-order valence-electron chi connectivity index (χ4n) is 4.17. The number of aromatic hydroxyl groups is 1. The van der Waals surface area contributed by atoms with Crippen molar-refractivity contribution in [2.45, 2.75) is 12.8 Å². The Morgan fingerprint density at radius 3 is 2.23 bits per heavy atom. The zero-order valence-corrected chi connectivity index (χ0v) is 19.9. The summed E-state index contributed by atoms with van der Waals surface area (Å²) in [6.07, 6.45) is 6.01. The Morgan fingerprint density at radius 1 is 0.903 bits per heavy atom. The average Bonchev–Trinajstić information content (AvgIpc) is 3.22. The second kappa shape index (κ2) is 11.2. The molecule has 11 heteroatoms. The van der Waals surface area contributed by atoms with Gasteiger partial charge >= 0.3 is 0 Å². The molecule has 2 aromatic heterocycles. The fourth-order valence-corrected chi connectivity index (χ4v) is 4.17. The van der Waals surface area contributed by atoms with Crippen LogP contribution < -0.4 is 10.2 Å². The average molecular weight is 508 g/mol. The second-order valence-corrected chi connectivity index (χ2v) is 7.60. The van der Waals surface area contributed by atoms with E-state index in [4.69, 9.17) is 0 Å². The van der Waals surface area contributed by atoms with E-state index >= 15 is 0 Å². The van der Waals surface area contributed by atoms with Crippen molar-refractivity contribution in [3.05, 3.63) is 42.7 Å². The molecule has 170 valence electrons. The quantitative estimate of drug-likeness (QED) is 0.494. The number of halogens is 4. The maximum atomic E-state index is 10.4. The first-order chi connectivity index (χ1) is 13.2. The molecule has 3 N–H and O–H groups in total. The molecule has 1 aromatic carbocycles. The molecule has 5 rings (SSSR count). The third-order valence-corrected chi connectivity index (χ3v) is 5.80. The largest absolute Gasteiger partial charge is 0.507 e. The molecule has 0 amide bonds. The third-order valence-electron chi connectivity index (χ3n) is 5.80. The Labute approximate surface area is 206 Å². The second-order valence-electron chi connectivity index (χ2n) is 7.60. The minimum atomic E-state index is 0. The molecular formula is C20H26Cl4N6O. The van der Waals surface area contributed by atoms with Crippen molar-refractivity contribution in [3.63, 3.8) is 0 Å². The molecule has 2 aliphatic heterocycles. The zero-order chi connectivity index (χ0) is 18.3. The number of rotatable bonds is 3. The molecule has 7 nitrogen and oxygen atoms in total. The van der Waals surface area contributed by atoms with E-state index in [0.717, 1.165) is 43.1 Å². The predicted octanol–water partition coefficient (Wildman–Crippen LogP) is 4.12. The third kappa shape index (κ3) is 5.35. The number of hydrogen-bond acceptors (Lipinski definition) is 6. The summed E-state index contributed by atoms with van der Waals surface area (Å²) >= 11 is 0. The molecule has 2 fully saturated rings. The van der Waals surface area contributed by atoms with Crippen LogP contribution in [0.3, 0.4) is 0 Å². The highest BCUT2D eigenvalue weighted by Gasteiger charge is 2.43. The fraction of sp³-hybridized carbons (Fsp3) is 0.350. The molecule has 0 bridgehead atoms. The van der Waals surface area contributed by atoms with Crippen LogP contribution in [0.1, 0.15) is 12.8 Å². The van der Waals surface area contributed by atoms with Crippen molar-refractivity contribution < 1.29 is 5.11 Å². The number of phenols is 1. The van der Waals surface area contributed by atoms with Gasteiger partial charge < -0.3 is 15.3 Å². The van der Waals surface area contributed by atoms with Crippen LogP contribution in [0, 0.1) is 5.41 Å². The standard InChI is InChI=1S/C20H22N6O.4ClH/c27-18-9-14(15-10-22-23-11-15)1-2-16(18)17-3-4-19(25-24-17)26-12-20(13-26)5-7-21-8-6-20;;;;/h1-4,9-11,21,27H,5-8,12-13H2,(H,22,23);4*1H. The van der Waals surface area contributed by atoms with E-state index in [0.29, 0.717) is 16.7 Å². The van der Waals surface area contributed by atoms with E-state index in [-0.39, 0.29) is 55.4 Å². The van der Waals surface area contributed by atoms with Gasteiger partial charge in [-0.05, 0) is 55.8 Å². The van der Waals surface area contributed by atoms with E-state index in [2.05, 4.69) is 30.6 Å². The number of piperidine rings is 1. The summed E-state index contributed by atoms with van der Waals surface area (Å²) in [5, 5.41) is 29.3. The number of anilines is 1. The van der Waals surface area contributed by atoms with Gasteiger partial charge in [0.15, 0.2) is 5.82 Å². The van der Waals surface area contributed by atoms with Gasteiger partial charge in [0, 0.05) is 35.8 Å². The maximum Gasteiger partial charge on any atom is 0.151 e. The molecule has 3 aromatic rings. The Balaban J connectivity index is 0.00000120. The predicted molar refractivity (Wildman–Crippen MR) is 132 cm³/mol. The number of nitrogens with zero attached hydrogens (tertiary/aromatic N) is 4. The van der Waals surface area contributed by atoms with Gasteiger partial charge in [0.2, 0.25) is 0 Å². The minimum absolute atomic E-state index is 0. The molecule has 1 spiro atoms. The molecule has 0 unspecified atom stereocenters. The first-order valence-electron chi connectivity index (χ1n) is 9.34. The molecular weight excluding hydrogens is 482 g/mol. The molecule has 2 saturated heterocycles. The lowest BCUT2D eigenvalue weighted by Gasteiger charge is -2.52. The zero-order valence-electron chi connectivity index (χ0n) is 16.7. The van der Waals surface area contributed by atoms with E-state index in [1.165, 1.54) is 12.8 Å². The number of hydrogen-bond donors (Lipinski definition) is 3.